The maximum Gasteiger partial charge on any atom is 0.271 e. The Bertz CT molecular complexity index is 1050. The molecule has 0 saturated heterocycles. The fraction of sp³-hybridized carbons (Fsp3) is 0.333. The first-order valence-electron chi connectivity index (χ1n) is 8.79. The molecule has 0 spiro atoms. The van der Waals surface area contributed by atoms with Gasteiger partial charge in [0.15, 0.2) is 5.13 Å². The van der Waals surface area contributed by atoms with Gasteiger partial charge in [0.25, 0.3) is 10.0 Å². The molecule has 1 aliphatic rings. The molecule has 9 heteroatoms. The Balaban J connectivity index is 1.51. The number of thiazole rings is 1. The van der Waals surface area contributed by atoms with Crippen LogP contribution in [-0.2, 0) is 14.8 Å². The monoisotopic (exact) mass is 421 g/mol. The van der Waals surface area contributed by atoms with Gasteiger partial charge in [-0.05, 0) is 42.5 Å². The minimum absolute atomic E-state index is 0.0346. The van der Waals surface area contributed by atoms with Gasteiger partial charge in [-0.3, -0.25) is 9.52 Å². The van der Waals surface area contributed by atoms with Crippen LogP contribution in [0.15, 0.2) is 39.9 Å². The van der Waals surface area contributed by atoms with Crippen LogP contribution < -0.4 is 10.0 Å². The van der Waals surface area contributed by atoms with Crippen LogP contribution in [0.1, 0.15) is 32.1 Å². The van der Waals surface area contributed by atoms with Crippen molar-refractivity contribution in [2.45, 2.75) is 36.3 Å². The number of hydrogen-bond donors (Lipinski definition) is 2. The minimum Gasteiger partial charge on any atom is -0.302 e. The van der Waals surface area contributed by atoms with E-state index in [9.17, 15) is 13.2 Å². The molecule has 0 radical (unpaired) electrons. The topological polar surface area (TPSA) is 88.2 Å². The normalized spacial score (nSPS) is 15.7. The lowest BCUT2D eigenvalue weighted by molar-refractivity contribution is -0.120. The molecule has 1 aromatic carbocycles. The molecule has 4 rings (SSSR count). The van der Waals surface area contributed by atoms with Crippen molar-refractivity contribution in [1.29, 1.82) is 0 Å². The molecule has 6 nitrogen and oxygen atoms in total. The van der Waals surface area contributed by atoms with Gasteiger partial charge in [-0.25, -0.2) is 13.4 Å². The average molecular weight is 422 g/mol. The fourth-order valence-electron chi connectivity index (χ4n) is 3.24. The van der Waals surface area contributed by atoms with E-state index >= 15 is 0 Å². The molecule has 1 saturated carbocycles. The number of nitrogens with zero attached hydrogens (tertiary/aromatic N) is 1. The Morgan fingerprint density at radius 2 is 1.96 bits per heavy atom. The van der Waals surface area contributed by atoms with Crippen LogP contribution in [0.25, 0.3) is 10.2 Å². The highest BCUT2D eigenvalue weighted by atomic mass is 32.2. The number of thiophene rings is 1. The second kappa shape index (κ2) is 7.57. The van der Waals surface area contributed by atoms with Crippen molar-refractivity contribution >= 4 is 59.6 Å². The molecule has 27 heavy (non-hydrogen) atoms. The average Bonchev–Trinajstić information content (AvgIpc) is 3.31. The second-order valence-corrected chi connectivity index (χ2v) is 10.5. The van der Waals surface area contributed by atoms with Crippen molar-refractivity contribution in [1.82, 2.24) is 4.98 Å². The lowest BCUT2D eigenvalue weighted by atomic mass is 9.89. The third-order valence-electron chi connectivity index (χ3n) is 4.61. The molecule has 0 unspecified atom stereocenters. The first kappa shape index (κ1) is 18.4. The number of fused-ring (bicyclic) bond motifs is 1. The second-order valence-electron chi connectivity index (χ2n) is 6.56. The number of benzene rings is 1. The van der Waals surface area contributed by atoms with E-state index in [1.165, 1.54) is 29.1 Å². The van der Waals surface area contributed by atoms with Crippen LogP contribution in [0, 0.1) is 5.92 Å². The Labute approximate surface area is 165 Å². The smallest absolute Gasteiger partial charge is 0.271 e. The maximum atomic E-state index is 12.4. The zero-order valence-electron chi connectivity index (χ0n) is 14.5. The summed E-state index contributed by atoms with van der Waals surface area (Å²) in [5.74, 6) is 0.103. The van der Waals surface area contributed by atoms with Crippen LogP contribution in [-0.4, -0.2) is 19.3 Å². The van der Waals surface area contributed by atoms with Crippen molar-refractivity contribution in [2.24, 2.45) is 5.92 Å². The molecule has 142 valence electrons. The van der Waals surface area contributed by atoms with Crippen LogP contribution in [0.4, 0.5) is 10.8 Å². The number of nitrogens with one attached hydrogen (secondary N) is 2. The predicted octanol–water partition coefficient (Wildman–Crippen LogP) is 4.68. The van der Waals surface area contributed by atoms with E-state index in [-0.39, 0.29) is 16.0 Å². The summed E-state index contributed by atoms with van der Waals surface area (Å²) in [5.41, 5.74) is 1.21. The quantitative estimate of drug-likeness (QED) is 0.626. The lowest BCUT2D eigenvalue weighted by Gasteiger charge is -2.19. The molecular weight excluding hydrogens is 402 g/mol. The van der Waals surface area contributed by atoms with E-state index in [2.05, 4.69) is 15.0 Å². The fourth-order valence-corrected chi connectivity index (χ4v) is 6.19. The maximum absolute atomic E-state index is 12.4. The third kappa shape index (κ3) is 4.15. The summed E-state index contributed by atoms with van der Waals surface area (Å²) in [6.45, 7) is 0. The number of anilines is 2. The molecule has 1 fully saturated rings. The number of carbonyl (C=O) groups excluding carboxylic acids is 1. The first-order valence-corrected chi connectivity index (χ1v) is 12.0. The van der Waals surface area contributed by atoms with E-state index in [0.29, 0.717) is 10.8 Å². The number of sulfonamides is 1. The van der Waals surface area contributed by atoms with Crippen LogP contribution in [0.5, 0.6) is 0 Å². The summed E-state index contributed by atoms with van der Waals surface area (Å²) in [6.07, 6.45) is 5.28. The summed E-state index contributed by atoms with van der Waals surface area (Å²) < 4.78 is 28.4. The number of amides is 1. The lowest BCUT2D eigenvalue weighted by Crippen LogP contribution is -2.24. The molecular formula is C18H19N3O3S3. The van der Waals surface area contributed by atoms with Gasteiger partial charge in [0, 0.05) is 5.92 Å². The molecule has 2 heterocycles. The Kier molecular flexibility index (Phi) is 5.16. The zero-order chi connectivity index (χ0) is 18.9. The van der Waals surface area contributed by atoms with Gasteiger partial charge in [-0.1, -0.05) is 36.7 Å². The highest BCUT2D eigenvalue weighted by molar-refractivity contribution is 7.94. The van der Waals surface area contributed by atoms with Gasteiger partial charge in [-0.15, -0.1) is 11.3 Å². The predicted molar refractivity (Wildman–Crippen MR) is 110 cm³/mol. The minimum atomic E-state index is -3.58. The standard InChI is InChI=1S/C18H19N3O3S3/c22-17(12-5-2-1-3-6-12)20-18-19-14-9-8-13(11-15(14)26-18)21-27(23,24)16-7-4-10-25-16/h4,7-12,21H,1-3,5-6H2,(H,19,20,22). The van der Waals surface area contributed by atoms with Crippen molar-refractivity contribution in [2.75, 3.05) is 10.0 Å². The summed E-state index contributed by atoms with van der Waals surface area (Å²) in [4.78, 5) is 16.8. The summed E-state index contributed by atoms with van der Waals surface area (Å²) >= 11 is 2.52. The Hall–Kier alpha value is -1.97. The molecule has 2 N–H and O–H groups in total. The Morgan fingerprint density at radius 1 is 1.15 bits per heavy atom. The third-order valence-corrected chi connectivity index (χ3v) is 8.32. The Morgan fingerprint density at radius 3 is 2.70 bits per heavy atom. The SMILES string of the molecule is O=C(Nc1nc2ccc(NS(=O)(=O)c3cccs3)cc2s1)C1CCCCC1. The van der Waals surface area contributed by atoms with Gasteiger partial charge >= 0.3 is 0 Å². The number of hydrogen-bond acceptors (Lipinski definition) is 6. The summed E-state index contributed by atoms with van der Waals surface area (Å²) in [6, 6.07) is 8.45. The van der Waals surface area contributed by atoms with E-state index < -0.39 is 10.0 Å². The molecule has 3 aromatic rings. The van der Waals surface area contributed by atoms with E-state index in [1.54, 1.807) is 35.7 Å². The number of rotatable bonds is 5. The number of aromatic nitrogens is 1. The number of carbonyl (C=O) groups is 1. The van der Waals surface area contributed by atoms with E-state index in [0.717, 1.165) is 35.9 Å². The van der Waals surface area contributed by atoms with Crippen molar-refractivity contribution < 1.29 is 13.2 Å². The van der Waals surface area contributed by atoms with Crippen molar-refractivity contribution in [3.63, 3.8) is 0 Å². The van der Waals surface area contributed by atoms with E-state index in [1.807, 2.05) is 0 Å². The van der Waals surface area contributed by atoms with Crippen LogP contribution in [0.3, 0.4) is 0 Å². The zero-order valence-corrected chi connectivity index (χ0v) is 16.9. The highest BCUT2D eigenvalue weighted by Crippen LogP contribution is 2.31. The summed E-state index contributed by atoms with van der Waals surface area (Å²) in [5, 5.41) is 5.20. The van der Waals surface area contributed by atoms with E-state index in [4.69, 9.17) is 0 Å². The molecule has 0 atom stereocenters. The van der Waals surface area contributed by atoms with Crippen molar-refractivity contribution in [3.8, 4) is 0 Å². The highest BCUT2D eigenvalue weighted by Gasteiger charge is 2.22. The van der Waals surface area contributed by atoms with Gasteiger partial charge in [0.1, 0.15) is 4.21 Å². The van der Waals surface area contributed by atoms with Crippen molar-refractivity contribution in [3.05, 3.63) is 35.7 Å². The van der Waals surface area contributed by atoms with Gasteiger partial charge < -0.3 is 5.32 Å². The van der Waals surface area contributed by atoms with Gasteiger partial charge in [0.05, 0.1) is 15.9 Å². The first-order chi connectivity index (χ1) is 13.0. The molecule has 2 aromatic heterocycles. The summed E-state index contributed by atoms with van der Waals surface area (Å²) in [7, 11) is -3.58. The van der Waals surface area contributed by atoms with Crippen LogP contribution >= 0.6 is 22.7 Å². The van der Waals surface area contributed by atoms with Gasteiger partial charge in [0.2, 0.25) is 5.91 Å². The largest absolute Gasteiger partial charge is 0.302 e. The molecule has 0 aliphatic heterocycles. The molecule has 1 amide bonds. The van der Waals surface area contributed by atoms with Crippen LogP contribution in [0.2, 0.25) is 0 Å². The molecule has 0 bridgehead atoms. The molecule has 1 aliphatic carbocycles. The van der Waals surface area contributed by atoms with Gasteiger partial charge in [-0.2, -0.15) is 0 Å².